The molecule has 32 heavy (non-hydrogen) atoms. The molecule has 0 fully saturated rings. The molecule has 0 radical (unpaired) electrons. The maximum absolute atomic E-state index is 14.5. The van der Waals surface area contributed by atoms with Crippen molar-refractivity contribution >= 4 is 28.8 Å². The van der Waals surface area contributed by atoms with Gasteiger partial charge in [0.1, 0.15) is 28.9 Å². The highest BCUT2D eigenvalue weighted by molar-refractivity contribution is 6.46. The summed E-state index contributed by atoms with van der Waals surface area (Å²) in [6.45, 7) is 1.83. The van der Waals surface area contributed by atoms with E-state index in [-0.39, 0.29) is 16.8 Å². The van der Waals surface area contributed by atoms with Crippen LogP contribution in [0.5, 0.6) is 5.75 Å². The summed E-state index contributed by atoms with van der Waals surface area (Å²) in [7, 11) is 1.45. The predicted molar refractivity (Wildman–Crippen MR) is 114 cm³/mol. The summed E-state index contributed by atoms with van der Waals surface area (Å²) in [5.74, 6) is -3.65. The van der Waals surface area contributed by atoms with Crippen molar-refractivity contribution in [2.45, 2.75) is 6.92 Å². The lowest BCUT2D eigenvalue weighted by Gasteiger charge is -2.17. The number of hydrogen-bond donors (Lipinski definition) is 1. The summed E-state index contributed by atoms with van der Waals surface area (Å²) >= 11 is 0. The molecule has 0 saturated carbocycles. The number of nitrogens with zero attached hydrogens (tertiary/aromatic N) is 1. The molecular formula is C24H17F3N2O3. The zero-order chi connectivity index (χ0) is 23.0. The number of aryl methyl sites for hydroxylation is 1. The van der Waals surface area contributed by atoms with E-state index in [0.717, 1.165) is 35.9 Å². The third-order valence-corrected chi connectivity index (χ3v) is 4.98. The summed E-state index contributed by atoms with van der Waals surface area (Å²) in [4.78, 5) is 27.1. The zero-order valence-corrected chi connectivity index (χ0v) is 17.1. The molecule has 3 aromatic rings. The number of nitrogens with one attached hydrogen (secondary N) is 1. The van der Waals surface area contributed by atoms with Crippen LogP contribution < -0.4 is 15.0 Å². The van der Waals surface area contributed by atoms with E-state index in [1.807, 2.05) is 6.92 Å². The number of carbonyl (C=O) groups is 2. The molecule has 0 spiro atoms. The summed E-state index contributed by atoms with van der Waals surface area (Å²) in [5.41, 5.74) is 0.675. The second-order valence-electron chi connectivity index (χ2n) is 7.13. The van der Waals surface area contributed by atoms with E-state index in [4.69, 9.17) is 4.74 Å². The third kappa shape index (κ3) is 3.71. The second kappa shape index (κ2) is 8.22. The van der Waals surface area contributed by atoms with Gasteiger partial charge < -0.3 is 10.1 Å². The molecule has 1 N–H and O–H groups in total. The van der Waals surface area contributed by atoms with E-state index < -0.39 is 35.0 Å². The number of carbonyl (C=O) groups excluding carboxylic acids is 2. The van der Waals surface area contributed by atoms with Gasteiger partial charge in [0.25, 0.3) is 11.8 Å². The van der Waals surface area contributed by atoms with Crippen LogP contribution in [0, 0.1) is 24.4 Å². The Bertz CT molecular complexity index is 1270. The number of halogens is 3. The predicted octanol–water partition coefficient (Wildman–Crippen LogP) is 4.82. The number of ether oxygens (including phenoxy) is 1. The Labute approximate surface area is 181 Å². The van der Waals surface area contributed by atoms with Crippen molar-refractivity contribution in [3.8, 4) is 5.75 Å². The molecule has 0 aromatic heterocycles. The first-order valence-electron chi connectivity index (χ1n) is 9.56. The van der Waals surface area contributed by atoms with Gasteiger partial charge in [-0.05, 0) is 54.4 Å². The van der Waals surface area contributed by atoms with Gasteiger partial charge in [0, 0.05) is 6.07 Å². The molecule has 0 bridgehead atoms. The fraction of sp³-hybridized carbons (Fsp3) is 0.0833. The lowest BCUT2D eigenvalue weighted by molar-refractivity contribution is -0.120. The molecule has 1 heterocycles. The monoisotopic (exact) mass is 438 g/mol. The number of hydrogen-bond acceptors (Lipinski definition) is 4. The van der Waals surface area contributed by atoms with Crippen LogP contribution in [0.25, 0.3) is 5.57 Å². The normalized spacial score (nSPS) is 13.7. The van der Waals surface area contributed by atoms with Crippen molar-refractivity contribution in [3.05, 3.63) is 94.9 Å². The molecular weight excluding hydrogens is 421 g/mol. The smallest absolute Gasteiger partial charge is 0.282 e. The topological polar surface area (TPSA) is 58.6 Å². The maximum Gasteiger partial charge on any atom is 0.282 e. The number of benzene rings is 3. The van der Waals surface area contributed by atoms with Gasteiger partial charge in [-0.25, -0.2) is 18.1 Å². The zero-order valence-electron chi connectivity index (χ0n) is 17.1. The van der Waals surface area contributed by atoms with Gasteiger partial charge in [-0.2, -0.15) is 0 Å². The third-order valence-electron chi connectivity index (χ3n) is 4.98. The van der Waals surface area contributed by atoms with Gasteiger partial charge >= 0.3 is 0 Å². The Morgan fingerprint density at radius 2 is 1.53 bits per heavy atom. The minimum absolute atomic E-state index is 0.109. The Kier molecular flexibility index (Phi) is 5.44. The largest absolute Gasteiger partial charge is 0.495 e. The molecule has 0 unspecified atom stereocenters. The van der Waals surface area contributed by atoms with Crippen LogP contribution in [-0.2, 0) is 9.59 Å². The molecule has 0 saturated heterocycles. The van der Waals surface area contributed by atoms with Crippen LogP contribution in [-0.4, -0.2) is 18.9 Å². The Morgan fingerprint density at radius 3 is 2.22 bits per heavy atom. The van der Waals surface area contributed by atoms with Gasteiger partial charge in [0.2, 0.25) is 0 Å². The number of anilines is 2. The molecule has 2 amide bonds. The maximum atomic E-state index is 14.5. The van der Waals surface area contributed by atoms with Crippen LogP contribution in [0.3, 0.4) is 0 Å². The van der Waals surface area contributed by atoms with Crippen LogP contribution in [0.1, 0.15) is 11.1 Å². The first kappa shape index (κ1) is 21.2. The van der Waals surface area contributed by atoms with Gasteiger partial charge in [-0.15, -0.1) is 0 Å². The van der Waals surface area contributed by atoms with Crippen LogP contribution in [0.2, 0.25) is 0 Å². The molecule has 4 rings (SSSR count). The fourth-order valence-corrected chi connectivity index (χ4v) is 3.46. The summed E-state index contributed by atoms with van der Waals surface area (Å²) in [5, 5.41) is 2.91. The highest BCUT2D eigenvalue weighted by atomic mass is 19.1. The quantitative estimate of drug-likeness (QED) is 0.581. The Balaban J connectivity index is 1.88. The van der Waals surface area contributed by atoms with E-state index in [1.54, 1.807) is 18.2 Å². The molecule has 1 aliphatic heterocycles. The molecule has 0 aliphatic carbocycles. The minimum atomic E-state index is -0.944. The molecule has 1 aliphatic rings. The molecule has 162 valence electrons. The van der Waals surface area contributed by atoms with Crippen LogP contribution >= 0.6 is 0 Å². The summed E-state index contributed by atoms with van der Waals surface area (Å²) in [6, 6.07) is 12.6. The van der Waals surface area contributed by atoms with Gasteiger partial charge in [0.05, 0.1) is 24.1 Å². The summed E-state index contributed by atoms with van der Waals surface area (Å²) < 4.78 is 47.1. The van der Waals surface area contributed by atoms with E-state index in [0.29, 0.717) is 16.3 Å². The number of amides is 2. The van der Waals surface area contributed by atoms with E-state index in [9.17, 15) is 22.8 Å². The van der Waals surface area contributed by atoms with Crippen molar-refractivity contribution in [2.75, 3.05) is 17.3 Å². The van der Waals surface area contributed by atoms with Crippen molar-refractivity contribution < 1.29 is 27.5 Å². The Morgan fingerprint density at radius 1 is 0.844 bits per heavy atom. The standard InChI is InChI=1S/C24H17F3N2O3/c1-13-3-10-20(32-2)18(11-13)28-22-21(14-4-6-15(25)7-5-14)23(30)29(24(22)31)19-12-16(26)8-9-17(19)27/h3-12,28H,1-2H3. The van der Waals surface area contributed by atoms with E-state index in [1.165, 1.54) is 19.2 Å². The first-order chi connectivity index (χ1) is 15.3. The lowest BCUT2D eigenvalue weighted by Crippen LogP contribution is -2.33. The van der Waals surface area contributed by atoms with Crippen molar-refractivity contribution in [2.24, 2.45) is 0 Å². The average molecular weight is 438 g/mol. The van der Waals surface area contributed by atoms with Crippen molar-refractivity contribution in [3.63, 3.8) is 0 Å². The van der Waals surface area contributed by atoms with Crippen molar-refractivity contribution in [1.82, 2.24) is 0 Å². The highest BCUT2D eigenvalue weighted by Crippen LogP contribution is 2.37. The van der Waals surface area contributed by atoms with Gasteiger partial charge in [0.15, 0.2) is 0 Å². The van der Waals surface area contributed by atoms with E-state index in [2.05, 4.69) is 5.32 Å². The molecule has 5 nitrogen and oxygen atoms in total. The number of methoxy groups -OCH3 is 1. The number of rotatable bonds is 5. The number of imide groups is 1. The molecule has 0 atom stereocenters. The van der Waals surface area contributed by atoms with Gasteiger partial charge in [-0.1, -0.05) is 18.2 Å². The second-order valence-corrected chi connectivity index (χ2v) is 7.13. The SMILES string of the molecule is COc1ccc(C)cc1NC1=C(c2ccc(F)cc2)C(=O)N(c2cc(F)ccc2F)C1=O. The molecule has 8 heteroatoms. The van der Waals surface area contributed by atoms with E-state index >= 15 is 0 Å². The molecule has 3 aromatic carbocycles. The highest BCUT2D eigenvalue weighted by Gasteiger charge is 2.41. The minimum Gasteiger partial charge on any atom is -0.495 e. The first-order valence-corrected chi connectivity index (χ1v) is 9.56. The lowest BCUT2D eigenvalue weighted by atomic mass is 10.0. The average Bonchev–Trinajstić information content (AvgIpc) is 3.00. The summed E-state index contributed by atoms with van der Waals surface area (Å²) in [6.07, 6.45) is 0. The fourth-order valence-electron chi connectivity index (χ4n) is 3.46. The van der Waals surface area contributed by atoms with Crippen molar-refractivity contribution in [1.29, 1.82) is 0 Å². The van der Waals surface area contributed by atoms with Crippen LogP contribution in [0.4, 0.5) is 24.5 Å². The van der Waals surface area contributed by atoms with Gasteiger partial charge in [-0.3, -0.25) is 9.59 Å². The Hall–Kier alpha value is -4.07. The van der Waals surface area contributed by atoms with Crippen LogP contribution in [0.15, 0.2) is 66.4 Å².